The van der Waals surface area contributed by atoms with Gasteiger partial charge in [0.2, 0.25) is 15.9 Å². The number of primary sulfonamides is 1. The zero-order chi connectivity index (χ0) is 18.2. The molecule has 1 fully saturated rings. The summed E-state index contributed by atoms with van der Waals surface area (Å²) in [6, 6.07) is 4.51. The lowest BCUT2D eigenvalue weighted by molar-refractivity contribution is 0.0963. The van der Waals surface area contributed by atoms with Gasteiger partial charge in [-0.25, -0.2) is 23.5 Å². The van der Waals surface area contributed by atoms with E-state index < -0.39 is 22.0 Å². The van der Waals surface area contributed by atoms with Gasteiger partial charge in [-0.2, -0.15) is 0 Å². The zero-order valence-electron chi connectivity index (χ0n) is 13.6. The average molecular weight is 362 g/mol. The number of hydrogen-bond donors (Lipinski definition) is 2. The molecule has 1 aromatic carbocycles. The van der Waals surface area contributed by atoms with Gasteiger partial charge in [-0.1, -0.05) is 0 Å². The maximum atomic E-state index is 12.2. The first kappa shape index (κ1) is 17.5. The van der Waals surface area contributed by atoms with Crippen molar-refractivity contribution in [3.63, 3.8) is 0 Å². The van der Waals surface area contributed by atoms with Crippen LogP contribution in [0.3, 0.4) is 0 Å². The Labute approximate surface area is 145 Å². The molecule has 1 unspecified atom stereocenters. The van der Waals surface area contributed by atoms with Crippen molar-refractivity contribution in [2.45, 2.75) is 30.8 Å². The number of carbonyl (C=O) groups is 1. The highest BCUT2D eigenvalue weighted by Crippen LogP contribution is 2.38. The standard InChI is InChI=1S/C16H18N4O4S/c1-9-6-7-19-16(20-9)10-4-5-12(25(18,22)23)14(13(10)15(17)21)11-3-2-8-24-11/h4-7,11H,2-3,8H2,1H3,(H2,17,21)(H2,18,22,23). The van der Waals surface area contributed by atoms with Crippen LogP contribution >= 0.6 is 0 Å². The number of aryl methyl sites for hydroxylation is 1. The summed E-state index contributed by atoms with van der Waals surface area (Å²) in [6.07, 6.45) is 2.31. The van der Waals surface area contributed by atoms with E-state index in [1.807, 2.05) is 0 Å². The summed E-state index contributed by atoms with van der Waals surface area (Å²) < 4.78 is 29.7. The number of ether oxygens (including phenoxy) is 1. The Morgan fingerprint density at radius 2 is 2.08 bits per heavy atom. The summed E-state index contributed by atoms with van der Waals surface area (Å²) in [5.74, 6) is -0.495. The second-order valence-electron chi connectivity index (χ2n) is 5.83. The summed E-state index contributed by atoms with van der Waals surface area (Å²) in [7, 11) is -4.06. The smallest absolute Gasteiger partial charge is 0.249 e. The van der Waals surface area contributed by atoms with E-state index in [4.69, 9.17) is 15.6 Å². The topological polar surface area (TPSA) is 138 Å². The lowest BCUT2D eigenvalue weighted by atomic mass is 9.94. The van der Waals surface area contributed by atoms with E-state index in [2.05, 4.69) is 9.97 Å². The molecule has 0 radical (unpaired) electrons. The van der Waals surface area contributed by atoms with E-state index in [-0.39, 0.29) is 21.8 Å². The molecule has 3 rings (SSSR count). The van der Waals surface area contributed by atoms with E-state index in [0.29, 0.717) is 24.3 Å². The highest BCUT2D eigenvalue weighted by atomic mass is 32.2. The fourth-order valence-corrected chi connectivity index (χ4v) is 3.80. The summed E-state index contributed by atoms with van der Waals surface area (Å²) >= 11 is 0. The van der Waals surface area contributed by atoms with Crippen LogP contribution in [0.2, 0.25) is 0 Å². The van der Waals surface area contributed by atoms with Gasteiger partial charge in [-0.05, 0) is 38.0 Å². The molecule has 4 N–H and O–H groups in total. The van der Waals surface area contributed by atoms with Gasteiger partial charge in [-0.3, -0.25) is 4.79 Å². The first-order valence-electron chi connectivity index (χ1n) is 7.70. The molecule has 9 heteroatoms. The molecule has 0 bridgehead atoms. The third-order valence-electron chi connectivity index (χ3n) is 4.05. The summed E-state index contributed by atoms with van der Waals surface area (Å²) in [6.45, 7) is 2.26. The number of benzene rings is 1. The van der Waals surface area contributed by atoms with Crippen molar-refractivity contribution in [3.05, 3.63) is 41.2 Å². The largest absolute Gasteiger partial charge is 0.373 e. The number of rotatable bonds is 4. The summed E-state index contributed by atoms with van der Waals surface area (Å²) in [4.78, 5) is 20.5. The molecule has 1 aliphatic heterocycles. The Kier molecular flexibility index (Phi) is 4.55. The predicted molar refractivity (Wildman–Crippen MR) is 90.0 cm³/mol. The maximum absolute atomic E-state index is 12.2. The highest BCUT2D eigenvalue weighted by Gasteiger charge is 2.32. The van der Waals surface area contributed by atoms with Gasteiger partial charge >= 0.3 is 0 Å². The molecule has 2 aromatic rings. The van der Waals surface area contributed by atoms with Gasteiger partial charge in [-0.15, -0.1) is 0 Å². The second kappa shape index (κ2) is 6.51. The van der Waals surface area contributed by atoms with Crippen LogP contribution in [0, 0.1) is 6.92 Å². The normalized spacial score (nSPS) is 17.6. The van der Waals surface area contributed by atoms with Crippen LogP contribution in [0.4, 0.5) is 0 Å². The molecule has 1 atom stereocenters. The Balaban J connectivity index is 2.35. The van der Waals surface area contributed by atoms with Gasteiger partial charge in [0, 0.05) is 29.6 Å². The van der Waals surface area contributed by atoms with Crippen molar-refractivity contribution in [2.24, 2.45) is 10.9 Å². The molecule has 132 valence electrons. The molecule has 0 spiro atoms. The number of carbonyl (C=O) groups excluding carboxylic acids is 1. The number of primary amides is 1. The van der Waals surface area contributed by atoms with Gasteiger partial charge in [0.1, 0.15) is 0 Å². The fraction of sp³-hybridized carbons (Fsp3) is 0.312. The molecule has 25 heavy (non-hydrogen) atoms. The Morgan fingerprint density at radius 1 is 1.32 bits per heavy atom. The number of aromatic nitrogens is 2. The van der Waals surface area contributed by atoms with Gasteiger partial charge in [0.25, 0.3) is 0 Å². The molecule has 1 aliphatic rings. The Bertz CT molecular complexity index is 937. The van der Waals surface area contributed by atoms with Gasteiger partial charge < -0.3 is 10.5 Å². The molecule has 1 aromatic heterocycles. The van der Waals surface area contributed by atoms with Crippen molar-refractivity contribution in [1.29, 1.82) is 0 Å². The predicted octanol–water partition coefficient (Wildman–Crippen LogP) is 1.05. The maximum Gasteiger partial charge on any atom is 0.249 e. The van der Waals surface area contributed by atoms with E-state index in [0.717, 1.165) is 6.42 Å². The minimum atomic E-state index is -4.06. The SMILES string of the molecule is Cc1ccnc(-c2ccc(S(N)(=O)=O)c(C3CCCO3)c2C(N)=O)n1. The van der Waals surface area contributed by atoms with E-state index in [9.17, 15) is 13.2 Å². The number of nitrogens with zero attached hydrogens (tertiary/aromatic N) is 2. The third kappa shape index (κ3) is 3.39. The first-order chi connectivity index (χ1) is 11.8. The quantitative estimate of drug-likeness (QED) is 0.833. The molecule has 0 saturated carbocycles. The molecule has 1 amide bonds. The molecule has 0 aliphatic carbocycles. The van der Waals surface area contributed by atoms with Crippen LogP contribution in [-0.2, 0) is 14.8 Å². The monoisotopic (exact) mass is 362 g/mol. The number of nitrogens with two attached hydrogens (primary N) is 2. The highest BCUT2D eigenvalue weighted by molar-refractivity contribution is 7.89. The number of hydrogen-bond acceptors (Lipinski definition) is 6. The van der Waals surface area contributed by atoms with Crippen LogP contribution < -0.4 is 10.9 Å². The molecular formula is C16H18N4O4S. The van der Waals surface area contributed by atoms with Gasteiger partial charge in [0.15, 0.2) is 5.82 Å². The minimum Gasteiger partial charge on any atom is -0.373 e. The lowest BCUT2D eigenvalue weighted by Gasteiger charge is -2.19. The van der Waals surface area contributed by atoms with Crippen LogP contribution in [0.1, 0.15) is 40.6 Å². The van der Waals surface area contributed by atoms with E-state index >= 15 is 0 Å². The molecular weight excluding hydrogens is 344 g/mol. The van der Waals surface area contributed by atoms with Crippen LogP contribution in [0.25, 0.3) is 11.4 Å². The lowest BCUT2D eigenvalue weighted by Crippen LogP contribution is -2.23. The molecule has 1 saturated heterocycles. The first-order valence-corrected chi connectivity index (χ1v) is 9.25. The van der Waals surface area contributed by atoms with Crippen molar-refractivity contribution in [3.8, 4) is 11.4 Å². The van der Waals surface area contributed by atoms with Crippen molar-refractivity contribution in [1.82, 2.24) is 9.97 Å². The van der Waals surface area contributed by atoms with E-state index in [1.165, 1.54) is 12.1 Å². The number of amides is 1. The van der Waals surface area contributed by atoms with Gasteiger partial charge in [0.05, 0.1) is 16.6 Å². The zero-order valence-corrected chi connectivity index (χ0v) is 14.4. The minimum absolute atomic E-state index is 0.0315. The number of sulfonamides is 1. The fourth-order valence-electron chi connectivity index (χ4n) is 3.00. The molecule has 8 nitrogen and oxygen atoms in total. The average Bonchev–Trinajstić information content (AvgIpc) is 3.06. The van der Waals surface area contributed by atoms with Crippen LogP contribution in [0.15, 0.2) is 29.3 Å². The Hall–Kier alpha value is -2.36. The Morgan fingerprint density at radius 3 is 2.64 bits per heavy atom. The molecule has 2 heterocycles. The van der Waals surface area contributed by atoms with Crippen LogP contribution in [0.5, 0.6) is 0 Å². The van der Waals surface area contributed by atoms with E-state index in [1.54, 1.807) is 19.2 Å². The van der Waals surface area contributed by atoms with Crippen molar-refractivity contribution in [2.75, 3.05) is 6.61 Å². The van der Waals surface area contributed by atoms with Crippen molar-refractivity contribution >= 4 is 15.9 Å². The summed E-state index contributed by atoms with van der Waals surface area (Å²) in [5.41, 5.74) is 6.87. The third-order valence-corrected chi connectivity index (χ3v) is 5.01. The summed E-state index contributed by atoms with van der Waals surface area (Å²) in [5, 5.41) is 5.34. The second-order valence-corrected chi connectivity index (χ2v) is 7.36. The van der Waals surface area contributed by atoms with Crippen LogP contribution in [-0.4, -0.2) is 30.9 Å². The van der Waals surface area contributed by atoms with Crippen molar-refractivity contribution < 1.29 is 17.9 Å².